The van der Waals surface area contributed by atoms with Crippen molar-refractivity contribution >= 4 is 23.5 Å². The second kappa shape index (κ2) is 6.89. The van der Waals surface area contributed by atoms with Gasteiger partial charge in [0.25, 0.3) is 5.91 Å². The largest absolute Gasteiger partial charge is 0.454 e. The van der Waals surface area contributed by atoms with E-state index in [9.17, 15) is 9.59 Å². The Hall–Kier alpha value is -2.57. The van der Waals surface area contributed by atoms with E-state index in [2.05, 4.69) is 15.4 Å². The molecule has 0 aliphatic rings. The molecular weight excluding hydrogens is 236 g/mol. The van der Waals surface area contributed by atoms with Crippen LogP contribution in [0, 0.1) is 5.41 Å². The summed E-state index contributed by atoms with van der Waals surface area (Å²) in [6.45, 7) is -0.624. The van der Waals surface area contributed by atoms with Crippen molar-refractivity contribution in [2.24, 2.45) is 5.73 Å². The van der Waals surface area contributed by atoms with E-state index in [1.54, 1.807) is 24.3 Å². The van der Waals surface area contributed by atoms with Crippen LogP contribution in [0.3, 0.4) is 0 Å². The second-order valence-corrected chi connectivity index (χ2v) is 3.34. The van der Waals surface area contributed by atoms with Crippen LogP contribution in [0.1, 0.15) is 0 Å². The number of carbonyl (C=O) groups excluding carboxylic acids is 2. The molecule has 7 nitrogen and oxygen atoms in total. The molecule has 0 spiro atoms. The van der Waals surface area contributed by atoms with Gasteiger partial charge in [0, 0.05) is 5.69 Å². The van der Waals surface area contributed by atoms with E-state index in [1.165, 1.54) is 0 Å². The molecule has 1 amide bonds. The summed E-state index contributed by atoms with van der Waals surface area (Å²) in [4.78, 5) is 22.5. The smallest absolute Gasteiger partial charge is 0.325 e. The zero-order valence-electron chi connectivity index (χ0n) is 9.60. The maximum Gasteiger partial charge on any atom is 0.325 e. The van der Waals surface area contributed by atoms with Crippen LogP contribution in [-0.2, 0) is 14.3 Å². The average Bonchev–Trinajstić information content (AvgIpc) is 2.35. The van der Waals surface area contributed by atoms with Crippen LogP contribution in [0.15, 0.2) is 30.3 Å². The standard InChI is InChI=1S/C11H14N4O3/c12-11(13)14-6-10(17)18-7-9(16)15-8-4-2-1-3-5-8/h1-5H,6-7H2,(H,15,16)(H4,12,13,14). The first-order valence-corrected chi connectivity index (χ1v) is 5.16. The van der Waals surface area contributed by atoms with Gasteiger partial charge in [-0.3, -0.25) is 15.0 Å². The van der Waals surface area contributed by atoms with Crippen LogP contribution in [0.4, 0.5) is 5.69 Å². The Morgan fingerprint density at radius 2 is 1.94 bits per heavy atom. The van der Waals surface area contributed by atoms with Crippen LogP contribution in [0.2, 0.25) is 0 Å². The van der Waals surface area contributed by atoms with Gasteiger partial charge in [0.1, 0.15) is 6.54 Å². The predicted molar refractivity (Wildman–Crippen MR) is 65.9 cm³/mol. The molecular formula is C11H14N4O3. The number of hydrogen-bond acceptors (Lipinski definition) is 4. The fourth-order valence-corrected chi connectivity index (χ4v) is 1.08. The van der Waals surface area contributed by atoms with E-state index >= 15 is 0 Å². The number of rotatable bonds is 5. The van der Waals surface area contributed by atoms with Gasteiger partial charge in [-0.25, -0.2) is 0 Å². The third-order valence-corrected chi connectivity index (χ3v) is 1.84. The normalized spacial score (nSPS) is 9.33. The Morgan fingerprint density at radius 3 is 2.56 bits per heavy atom. The van der Waals surface area contributed by atoms with Gasteiger partial charge in [-0.1, -0.05) is 18.2 Å². The zero-order chi connectivity index (χ0) is 13.4. The monoisotopic (exact) mass is 250 g/mol. The molecule has 0 radical (unpaired) electrons. The third kappa shape index (κ3) is 5.50. The quantitative estimate of drug-likeness (QED) is 0.324. The van der Waals surface area contributed by atoms with Crippen LogP contribution in [0.5, 0.6) is 0 Å². The summed E-state index contributed by atoms with van der Waals surface area (Å²) in [5, 5.41) is 11.7. The summed E-state index contributed by atoms with van der Waals surface area (Å²) in [6.07, 6.45) is 0. The summed E-state index contributed by atoms with van der Waals surface area (Å²) in [5.74, 6) is -1.42. The first-order valence-electron chi connectivity index (χ1n) is 5.16. The number of para-hydroxylation sites is 1. The van der Waals surface area contributed by atoms with Crippen LogP contribution >= 0.6 is 0 Å². The van der Waals surface area contributed by atoms with Crippen molar-refractivity contribution in [3.63, 3.8) is 0 Å². The lowest BCUT2D eigenvalue weighted by atomic mass is 10.3. The van der Waals surface area contributed by atoms with Crippen LogP contribution in [-0.4, -0.2) is 31.0 Å². The van der Waals surface area contributed by atoms with E-state index < -0.39 is 11.9 Å². The SMILES string of the molecule is N=C(N)NCC(=O)OCC(=O)Nc1ccccc1. The summed E-state index contributed by atoms with van der Waals surface area (Å²) >= 11 is 0. The number of guanidine groups is 1. The van der Waals surface area contributed by atoms with Crippen LogP contribution < -0.4 is 16.4 Å². The van der Waals surface area contributed by atoms with Gasteiger partial charge >= 0.3 is 5.97 Å². The molecule has 0 heterocycles. The van der Waals surface area contributed by atoms with Crippen molar-refractivity contribution in [3.05, 3.63) is 30.3 Å². The Labute approximate surface area is 104 Å². The molecule has 7 heteroatoms. The minimum atomic E-state index is -0.659. The highest BCUT2D eigenvalue weighted by Crippen LogP contribution is 2.04. The lowest BCUT2D eigenvalue weighted by Crippen LogP contribution is -2.36. The molecule has 0 saturated carbocycles. The van der Waals surface area contributed by atoms with Crippen molar-refractivity contribution < 1.29 is 14.3 Å². The Bertz CT molecular complexity index is 433. The van der Waals surface area contributed by atoms with E-state index in [1.807, 2.05) is 6.07 Å². The Balaban J connectivity index is 2.25. The lowest BCUT2D eigenvalue weighted by molar-refractivity contribution is -0.146. The van der Waals surface area contributed by atoms with Crippen LogP contribution in [0.25, 0.3) is 0 Å². The minimum absolute atomic E-state index is 0.242. The van der Waals surface area contributed by atoms with Gasteiger partial charge in [0.2, 0.25) is 0 Å². The number of hydrogen-bond donors (Lipinski definition) is 4. The summed E-state index contributed by atoms with van der Waals surface area (Å²) in [5.41, 5.74) is 5.61. The van der Waals surface area contributed by atoms with E-state index in [-0.39, 0.29) is 19.1 Å². The van der Waals surface area contributed by atoms with Crippen molar-refractivity contribution in [2.75, 3.05) is 18.5 Å². The average molecular weight is 250 g/mol. The van der Waals surface area contributed by atoms with Gasteiger partial charge < -0.3 is 21.1 Å². The van der Waals surface area contributed by atoms with Gasteiger partial charge in [-0.2, -0.15) is 0 Å². The van der Waals surface area contributed by atoms with E-state index in [0.717, 1.165) is 0 Å². The van der Waals surface area contributed by atoms with Crippen molar-refractivity contribution in [3.8, 4) is 0 Å². The molecule has 1 rings (SSSR count). The van der Waals surface area contributed by atoms with Gasteiger partial charge in [0.05, 0.1) is 0 Å². The molecule has 0 aromatic heterocycles. The molecule has 0 saturated heterocycles. The topological polar surface area (TPSA) is 117 Å². The Morgan fingerprint density at radius 1 is 1.28 bits per heavy atom. The first-order chi connectivity index (χ1) is 8.58. The van der Waals surface area contributed by atoms with Crippen molar-refractivity contribution in [1.82, 2.24) is 5.32 Å². The molecule has 0 atom stereocenters. The predicted octanol–water partition coefficient (Wildman–Crippen LogP) is -0.349. The molecule has 1 aromatic carbocycles. The molecule has 18 heavy (non-hydrogen) atoms. The molecule has 0 aliphatic carbocycles. The molecule has 0 aliphatic heterocycles. The number of nitrogens with two attached hydrogens (primary N) is 1. The molecule has 0 fully saturated rings. The highest BCUT2D eigenvalue weighted by atomic mass is 16.5. The summed E-state index contributed by atoms with van der Waals surface area (Å²) in [6, 6.07) is 8.81. The van der Waals surface area contributed by atoms with Crippen molar-refractivity contribution in [1.29, 1.82) is 5.41 Å². The number of esters is 1. The fourth-order valence-electron chi connectivity index (χ4n) is 1.08. The molecule has 1 aromatic rings. The summed E-state index contributed by atoms with van der Waals surface area (Å²) in [7, 11) is 0. The fraction of sp³-hybridized carbons (Fsp3) is 0.182. The maximum absolute atomic E-state index is 11.4. The number of nitrogens with one attached hydrogen (secondary N) is 3. The maximum atomic E-state index is 11.4. The zero-order valence-corrected chi connectivity index (χ0v) is 9.60. The van der Waals surface area contributed by atoms with E-state index in [4.69, 9.17) is 11.1 Å². The highest BCUT2D eigenvalue weighted by Gasteiger charge is 2.07. The van der Waals surface area contributed by atoms with Gasteiger partial charge in [0.15, 0.2) is 12.6 Å². The van der Waals surface area contributed by atoms with Gasteiger partial charge in [-0.05, 0) is 12.1 Å². The molecule has 5 N–H and O–H groups in total. The Kier molecular flexibility index (Phi) is 5.17. The third-order valence-electron chi connectivity index (χ3n) is 1.84. The number of benzene rings is 1. The number of anilines is 1. The lowest BCUT2D eigenvalue weighted by Gasteiger charge is -2.07. The molecule has 0 unspecified atom stereocenters. The minimum Gasteiger partial charge on any atom is -0.454 e. The number of amides is 1. The highest BCUT2D eigenvalue weighted by molar-refractivity contribution is 5.93. The summed E-state index contributed by atoms with van der Waals surface area (Å²) < 4.78 is 4.66. The van der Waals surface area contributed by atoms with Gasteiger partial charge in [-0.15, -0.1) is 0 Å². The number of ether oxygens (including phenoxy) is 1. The molecule has 96 valence electrons. The number of carbonyl (C=O) groups is 2. The van der Waals surface area contributed by atoms with Crippen molar-refractivity contribution in [2.45, 2.75) is 0 Å². The first kappa shape index (κ1) is 13.5. The molecule has 0 bridgehead atoms. The second-order valence-electron chi connectivity index (χ2n) is 3.34. The van der Waals surface area contributed by atoms with E-state index in [0.29, 0.717) is 5.69 Å².